The van der Waals surface area contributed by atoms with Crippen LogP contribution in [-0.4, -0.2) is 23.7 Å². The molecule has 0 aliphatic heterocycles. The molecule has 2 atom stereocenters. The molecule has 2 aromatic rings. The van der Waals surface area contributed by atoms with E-state index in [1.807, 2.05) is 31.2 Å². The van der Waals surface area contributed by atoms with Crippen LogP contribution in [0.15, 0.2) is 48.5 Å². The van der Waals surface area contributed by atoms with Gasteiger partial charge in [-0.05, 0) is 49.2 Å². The molecule has 2 rings (SSSR count). The highest BCUT2D eigenvalue weighted by molar-refractivity contribution is 5.78. The maximum Gasteiger partial charge on any atom is 0.224 e. The van der Waals surface area contributed by atoms with Crippen molar-refractivity contribution < 1.29 is 19.0 Å². The number of benzene rings is 2. The topological polar surface area (TPSA) is 58.6 Å². The second-order valence-electron chi connectivity index (χ2n) is 5.61. The first-order valence-electron chi connectivity index (χ1n) is 7.94. The van der Waals surface area contributed by atoms with E-state index in [-0.39, 0.29) is 18.1 Å². The predicted octanol–water partition coefficient (Wildman–Crippen LogP) is 3.01. The number of amides is 1. The van der Waals surface area contributed by atoms with Crippen molar-refractivity contribution in [3.8, 4) is 5.75 Å². The Morgan fingerprint density at radius 2 is 1.79 bits per heavy atom. The monoisotopic (exact) mass is 331 g/mol. The predicted molar refractivity (Wildman–Crippen MR) is 90.3 cm³/mol. The number of hydrogen-bond donors (Lipinski definition) is 2. The Kier molecular flexibility index (Phi) is 6.32. The van der Waals surface area contributed by atoms with Crippen LogP contribution in [0.1, 0.15) is 31.1 Å². The molecule has 0 spiro atoms. The number of hydrogen-bond acceptors (Lipinski definition) is 3. The third-order valence-corrected chi connectivity index (χ3v) is 3.67. The van der Waals surface area contributed by atoms with Crippen LogP contribution in [0.4, 0.5) is 4.39 Å². The van der Waals surface area contributed by atoms with Crippen molar-refractivity contribution in [2.45, 2.75) is 32.4 Å². The first-order chi connectivity index (χ1) is 11.5. The number of carbonyl (C=O) groups excluding carboxylic acids is 1. The number of rotatable bonds is 7. The lowest BCUT2D eigenvalue weighted by Crippen LogP contribution is -2.37. The van der Waals surface area contributed by atoms with Crippen molar-refractivity contribution in [3.63, 3.8) is 0 Å². The average Bonchev–Trinajstić information content (AvgIpc) is 2.57. The summed E-state index contributed by atoms with van der Waals surface area (Å²) in [7, 11) is 0. The molecule has 1 amide bonds. The molecule has 0 aliphatic carbocycles. The molecule has 4 nitrogen and oxygen atoms in total. The summed E-state index contributed by atoms with van der Waals surface area (Å²) < 4.78 is 18.3. The molecular weight excluding hydrogens is 309 g/mol. The van der Waals surface area contributed by atoms with Crippen LogP contribution in [0.25, 0.3) is 0 Å². The van der Waals surface area contributed by atoms with Crippen LogP contribution in [0, 0.1) is 5.82 Å². The molecule has 0 aromatic heterocycles. The van der Waals surface area contributed by atoms with Crippen molar-refractivity contribution >= 4 is 5.91 Å². The summed E-state index contributed by atoms with van der Waals surface area (Å²) in [6.45, 7) is 4.22. The minimum absolute atomic E-state index is 0.187. The van der Waals surface area contributed by atoms with Gasteiger partial charge in [-0.15, -0.1) is 0 Å². The first-order valence-corrected chi connectivity index (χ1v) is 7.94. The number of ether oxygens (including phenoxy) is 1. The van der Waals surface area contributed by atoms with E-state index >= 15 is 0 Å². The van der Waals surface area contributed by atoms with Gasteiger partial charge in [-0.3, -0.25) is 4.79 Å². The van der Waals surface area contributed by atoms with Gasteiger partial charge in [0, 0.05) is 0 Å². The van der Waals surface area contributed by atoms with Crippen LogP contribution < -0.4 is 10.1 Å². The van der Waals surface area contributed by atoms with Gasteiger partial charge in [-0.25, -0.2) is 4.39 Å². The SMILES string of the molecule is CCOc1ccc(CC(=O)NC(C)C(O)c2ccc(F)cc2)cc1. The zero-order valence-corrected chi connectivity index (χ0v) is 13.8. The smallest absolute Gasteiger partial charge is 0.224 e. The lowest BCUT2D eigenvalue weighted by atomic mass is 10.0. The Hall–Kier alpha value is -2.40. The van der Waals surface area contributed by atoms with Crippen molar-refractivity contribution in [3.05, 3.63) is 65.5 Å². The Bertz CT molecular complexity index is 655. The molecule has 0 fully saturated rings. The highest BCUT2D eigenvalue weighted by atomic mass is 19.1. The van der Waals surface area contributed by atoms with Crippen LogP contribution in [0.5, 0.6) is 5.75 Å². The number of aliphatic hydroxyl groups is 1. The first kappa shape index (κ1) is 17.9. The van der Waals surface area contributed by atoms with E-state index < -0.39 is 12.1 Å². The molecule has 0 bridgehead atoms. The van der Waals surface area contributed by atoms with Crippen LogP contribution in [-0.2, 0) is 11.2 Å². The quantitative estimate of drug-likeness (QED) is 0.820. The zero-order valence-electron chi connectivity index (χ0n) is 13.8. The largest absolute Gasteiger partial charge is 0.494 e. The molecule has 0 saturated carbocycles. The van der Waals surface area contributed by atoms with E-state index in [1.54, 1.807) is 6.92 Å². The number of halogens is 1. The molecular formula is C19H22FNO3. The minimum Gasteiger partial charge on any atom is -0.494 e. The van der Waals surface area contributed by atoms with Crippen molar-refractivity contribution in [1.29, 1.82) is 0 Å². The highest BCUT2D eigenvalue weighted by Crippen LogP contribution is 2.17. The van der Waals surface area contributed by atoms with Crippen LogP contribution in [0.3, 0.4) is 0 Å². The standard InChI is InChI=1S/C19H22FNO3/c1-3-24-17-10-4-14(5-11-17)12-18(22)21-13(2)19(23)15-6-8-16(20)9-7-15/h4-11,13,19,23H,3,12H2,1-2H3,(H,21,22). The third-order valence-electron chi connectivity index (χ3n) is 3.67. The molecule has 2 aromatic carbocycles. The maximum atomic E-state index is 12.9. The summed E-state index contributed by atoms with van der Waals surface area (Å²) in [6, 6.07) is 12.4. The fourth-order valence-electron chi connectivity index (χ4n) is 2.39. The van der Waals surface area contributed by atoms with Crippen LogP contribution >= 0.6 is 0 Å². The van der Waals surface area contributed by atoms with E-state index in [1.165, 1.54) is 24.3 Å². The highest BCUT2D eigenvalue weighted by Gasteiger charge is 2.18. The van der Waals surface area contributed by atoms with E-state index in [9.17, 15) is 14.3 Å². The summed E-state index contributed by atoms with van der Waals surface area (Å²) in [5.41, 5.74) is 1.42. The van der Waals surface area contributed by atoms with E-state index in [4.69, 9.17) is 4.74 Å². The summed E-state index contributed by atoms with van der Waals surface area (Å²) in [4.78, 5) is 12.1. The molecule has 24 heavy (non-hydrogen) atoms. The van der Waals surface area contributed by atoms with Gasteiger partial charge in [0.15, 0.2) is 0 Å². The third kappa shape index (κ3) is 5.06. The molecule has 128 valence electrons. The molecule has 0 aliphatic rings. The lowest BCUT2D eigenvalue weighted by molar-refractivity contribution is -0.121. The fourth-order valence-corrected chi connectivity index (χ4v) is 2.39. The van der Waals surface area contributed by atoms with Crippen molar-refractivity contribution in [2.24, 2.45) is 0 Å². The van der Waals surface area contributed by atoms with Gasteiger partial charge < -0.3 is 15.2 Å². The Morgan fingerprint density at radius 3 is 2.38 bits per heavy atom. The molecule has 5 heteroatoms. The molecule has 0 saturated heterocycles. The van der Waals surface area contributed by atoms with Gasteiger partial charge in [0.25, 0.3) is 0 Å². The van der Waals surface area contributed by atoms with E-state index in [0.717, 1.165) is 11.3 Å². The molecule has 2 unspecified atom stereocenters. The van der Waals surface area contributed by atoms with Gasteiger partial charge in [-0.1, -0.05) is 24.3 Å². The molecule has 0 heterocycles. The summed E-state index contributed by atoms with van der Waals surface area (Å²) in [5.74, 6) is 0.215. The average molecular weight is 331 g/mol. The van der Waals surface area contributed by atoms with Gasteiger partial charge in [-0.2, -0.15) is 0 Å². The summed E-state index contributed by atoms with van der Waals surface area (Å²) in [6.07, 6.45) is -0.678. The normalized spacial score (nSPS) is 13.2. The van der Waals surface area contributed by atoms with Gasteiger partial charge in [0.05, 0.1) is 25.2 Å². The zero-order chi connectivity index (χ0) is 17.5. The fraction of sp³-hybridized carbons (Fsp3) is 0.316. The van der Waals surface area contributed by atoms with Crippen LogP contribution in [0.2, 0.25) is 0 Å². The number of carbonyl (C=O) groups is 1. The second kappa shape index (κ2) is 8.45. The number of nitrogens with one attached hydrogen (secondary N) is 1. The maximum absolute atomic E-state index is 12.9. The van der Waals surface area contributed by atoms with Gasteiger partial charge in [0.2, 0.25) is 5.91 Å². The summed E-state index contributed by atoms with van der Waals surface area (Å²) in [5, 5.41) is 13.0. The Balaban J connectivity index is 1.89. The van der Waals surface area contributed by atoms with E-state index in [0.29, 0.717) is 12.2 Å². The number of aliphatic hydroxyl groups excluding tert-OH is 1. The van der Waals surface area contributed by atoms with Gasteiger partial charge >= 0.3 is 0 Å². The van der Waals surface area contributed by atoms with Crippen molar-refractivity contribution in [2.75, 3.05) is 6.61 Å². The van der Waals surface area contributed by atoms with Crippen molar-refractivity contribution in [1.82, 2.24) is 5.32 Å². The Labute approximate surface area is 141 Å². The minimum atomic E-state index is -0.894. The van der Waals surface area contributed by atoms with Gasteiger partial charge in [0.1, 0.15) is 11.6 Å². The summed E-state index contributed by atoms with van der Waals surface area (Å²) >= 11 is 0. The van der Waals surface area contributed by atoms with E-state index in [2.05, 4.69) is 5.32 Å². The lowest BCUT2D eigenvalue weighted by Gasteiger charge is -2.20. The molecule has 2 N–H and O–H groups in total. The Morgan fingerprint density at radius 1 is 1.17 bits per heavy atom. The molecule has 0 radical (unpaired) electrons. The second-order valence-corrected chi connectivity index (χ2v) is 5.61.